The summed E-state index contributed by atoms with van der Waals surface area (Å²) in [5.41, 5.74) is 6.56. The van der Waals surface area contributed by atoms with Gasteiger partial charge in [0.25, 0.3) is 5.91 Å². The fraction of sp³-hybridized carbons (Fsp3) is 0.409. The monoisotopic (exact) mass is 475 g/mol. The topological polar surface area (TPSA) is 124 Å². The minimum absolute atomic E-state index is 0.0814. The number of ether oxygens (including phenoxy) is 2. The highest BCUT2D eigenvalue weighted by Crippen LogP contribution is 2.45. The highest BCUT2D eigenvalue weighted by molar-refractivity contribution is 6.31. The van der Waals surface area contributed by atoms with Crippen LogP contribution in [0.2, 0.25) is 5.02 Å². The van der Waals surface area contributed by atoms with Crippen molar-refractivity contribution < 1.29 is 23.8 Å². The number of aliphatic hydroxyl groups is 1. The van der Waals surface area contributed by atoms with Gasteiger partial charge in [0.05, 0.1) is 36.6 Å². The molecule has 3 aromatic rings. The van der Waals surface area contributed by atoms with E-state index in [4.69, 9.17) is 31.8 Å². The van der Waals surface area contributed by atoms with Crippen LogP contribution < -0.4 is 15.8 Å². The molecule has 0 spiro atoms. The Morgan fingerprint density at radius 2 is 2.24 bits per heavy atom. The predicted molar refractivity (Wildman–Crippen MR) is 118 cm³/mol. The molecule has 0 radical (unpaired) electrons. The van der Waals surface area contributed by atoms with Gasteiger partial charge in [-0.25, -0.2) is 14.4 Å². The number of halogens is 2. The van der Waals surface area contributed by atoms with Gasteiger partial charge < -0.3 is 25.6 Å². The van der Waals surface area contributed by atoms with Crippen LogP contribution in [0.15, 0.2) is 18.5 Å². The second-order valence-electron chi connectivity index (χ2n) is 8.67. The van der Waals surface area contributed by atoms with Gasteiger partial charge in [-0.05, 0) is 26.3 Å². The number of nitrogens with two attached hydrogens (primary N) is 1. The highest BCUT2D eigenvalue weighted by atomic mass is 35.5. The van der Waals surface area contributed by atoms with Gasteiger partial charge in [-0.2, -0.15) is 0 Å². The zero-order chi connectivity index (χ0) is 23.5. The zero-order valence-electron chi connectivity index (χ0n) is 18.1. The predicted octanol–water partition coefficient (Wildman–Crippen LogP) is 2.21. The van der Waals surface area contributed by atoms with Crippen LogP contribution in [0.4, 0.5) is 10.2 Å². The number of aromatic nitrogens is 3. The summed E-state index contributed by atoms with van der Waals surface area (Å²) in [4.78, 5) is 21.9. The molecule has 9 nitrogen and oxygen atoms in total. The second kappa shape index (κ2) is 7.82. The number of anilines is 1. The number of nitrogens with zero attached hydrogens (tertiary/aromatic N) is 3. The number of nitrogen functional groups attached to an aromatic ring is 1. The molecule has 1 aromatic carbocycles. The molecule has 1 amide bonds. The van der Waals surface area contributed by atoms with Gasteiger partial charge in [0.1, 0.15) is 34.1 Å². The zero-order valence-corrected chi connectivity index (χ0v) is 18.8. The van der Waals surface area contributed by atoms with E-state index in [1.807, 2.05) is 18.2 Å². The molecule has 0 bridgehead atoms. The number of benzene rings is 1. The average molecular weight is 476 g/mol. The molecule has 2 atom stereocenters. The lowest BCUT2D eigenvalue weighted by Gasteiger charge is -2.36. The van der Waals surface area contributed by atoms with E-state index in [-0.39, 0.29) is 48.1 Å². The number of hydrogen-bond acceptors (Lipinski definition) is 7. The fourth-order valence-corrected chi connectivity index (χ4v) is 4.67. The summed E-state index contributed by atoms with van der Waals surface area (Å²) in [5.74, 6) is -0.800. The Bertz CT molecular complexity index is 1280. The quantitative estimate of drug-likeness (QED) is 0.528. The normalized spacial score (nSPS) is 21.2. The van der Waals surface area contributed by atoms with Crippen LogP contribution in [0.5, 0.6) is 5.75 Å². The third kappa shape index (κ3) is 3.58. The van der Waals surface area contributed by atoms with Gasteiger partial charge in [-0.3, -0.25) is 9.20 Å². The van der Waals surface area contributed by atoms with Gasteiger partial charge in [-0.1, -0.05) is 11.6 Å². The van der Waals surface area contributed by atoms with E-state index >= 15 is 4.39 Å². The highest BCUT2D eigenvalue weighted by Gasteiger charge is 2.39. The summed E-state index contributed by atoms with van der Waals surface area (Å²) in [5, 5.41) is 12.6. The molecule has 11 heteroatoms. The van der Waals surface area contributed by atoms with Crippen molar-refractivity contribution in [3.8, 4) is 5.75 Å². The summed E-state index contributed by atoms with van der Waals surface area (Å²) in [6, 6.07) is 1.48. The first-order valence-corrected chi connectivity index (χ1v) is 10.9. The van der Waals surface area contributed by atoms with Crippen molar-refractivity contribution in [1.82, 2.24) is 19.7 Å². The van der Waals surface area contributed by atoms with Crippen LogP contribution in [0.1, 0.15) is 46.7 Å². The van der Waals surface area contributed by atoms with Gasteiger partial charge in [0.2, 0.25) is 0 Å². The average Bonchev–Trinajstić information content (AvgIpc) is 3.09. The minimum Gasteiger partial charge on any atom is -0.489 e. The number of carbonyl (C=O) groups excluding carboxylic acids is 1. The molecule has 1 unspecified atom stereocenters. The minimum atomic E-state index is -1.16. The first-order chi connectivity index (χ1) is 15.7. The van der Waals surface area contributed by atoms with E-state index in [1.165, 1.54) is 6.07 Å². The summed E-state index contributed by atoms with van der Waals surface area (Å²) >= 11 is 6.22. The number of hydrogen-bond donors (Lipinski definition) is 3. The van der Waals surface area contributed by atoms with Gasteiger partial charge >= 0.3 is 0 Å². The molecule has 33 heavy (non-hydrogen) atoms. The third-order valence-corrected chi connectivity index (χ3v) is 6.38. The number of aryl methyl sites for hydroxylation is 1. The molecule has 2 aliphatic heterocycles. The van der Waals surface area contributed by atoms with Crippen LogP contribution in [0, 0.1) is 12.7 Å². The molecule has 1 fully saturated rings. The van der Waals surface area contributed by atoms with Crippen LogP contribution in [-0.2, 0) is 4.74 Å². The molecule has 0 saturated carbocycles. The molecular formula is C22H23ClFN5O4. The lowest BCUT2D eigenvalue weighted by molar-refractivity contribution is -0.173. The maximum Gasteiger partial charge on any atom is 0.258 e. The largest absolute Gasteiger partial charge is 0.489 e. The van der Waals surface area contributed by atoms with Crippen molar-refractivity contribution in [2.45, 2.75) is 37.9 Å². The van der Waals surface area contributed by atoms with Gasteiger partial charge in [0.15, 0.2) is 5.82 Å². The number of imidazole rings is 1. The number of nitrogens with one attached hydrogen (secondary N) is 1. The number of amides is 1. The van der Waals surface area contributed by atoms with Crippen molar-refractivity contribution in [1.29, 1.82) is 0 Å². The molecule has 2 aromatic heterocycles. The molecule has 4 heterocycles. The fourth-order valence-electron chi connectivity index (χ4n) is 4.46. The van der Waals surface area contributed by atoms with Crippen molar-refractivity contribution in [2.75, 3.05) is 25.5 Å². The van der Waals surface area contributed by atoms with Crippen LogP contribution >= 0.6 is 11.6 Å². The molecule has 174 valence electrons. The second-order valence-corrected chi connectivity index (χ2v) is 9.08. The molecular weight excluding hydrogens is 453 g/mol. The number of carbonyl (C=O) groups is 1. The Morgan fingerprint density at radius 3 is 2.94 bits per heavy atom. The maximum atomic E-state index is 15.1. The maximum absolute atomic E-state index is 15.1. The summed E-state index contributed by atoms with van der Waals surface area (Å²) in [6.45, 7) is 3.80. The molecule has 2 aliphatic rings. The first-order valence-electron chi connectivity index (χ1n) is 10.5. The molecule has 1 saturated heterocycles. The van der Waals surface area contributed by atoms with Crippen LogP contribution in [0.3, 0.4) is 0 Å². The van der Waals surface area contributed by atoms with E-state index in [1.54, 1.807) is 12.4 Å². The Morgan fingerprint density at radius 1 is 1.48 bits per heavy atom. The van der Waals surface area contributed by atoms with E-state index in [2.05, 4.69) is 10.3 Å². The van der Waals surface area contributed by atoms with E-state index < -0.39 is 17.3 Å². The van der Waals surface area contributed by atoms with Crippen molar-refractivity contribution >= 4 is 28.8 Å². The Balaban J connectivity index is 1.61. The van der Waals surface area contributed by atoms with Crippen molar-refractivity contribution in [3.63, 3.8) is 0 Å². The lowest BCUT2D eigenvalue weighted by Crippen LogP contribution is -2.57. The standard InChI is InChI=1S/C22H23ClFN5O4/c1-10-5-13(20-28-11(2)17-19(25)26-3-4-29(17)20)12-6-14(23)16(24)15(18(12)33-10)21(30)27-7-22(31)8-32-9-22/h3-4,6,10,13,31H,5,7-9H2,1-2H3,(H2,25,26)(H,27,30)/t10?,13-/m0/s1. The Labute approximate surface area is 193 Å². The molecule has 4 N–H and O–H groups in total. The summed E-state index contributed by atoms with van der Waals surface area (Å²) in [7, 11) is 0. The molecule has 5 rings (SSSR count). The number of rotatable bonds is 4. The first kappa shape index (κ1) is 21.9. The van der Waals surface area contributed by atoms with Crippen molar-refractivity contribution in [3.05, 3.63) is 51.9 Å². The van der Waals surface area contributed by atoms with E-state index in [0.717, 1.165) is 0 Å². The SMILES string of the molecule is Cc1nc([C@H]2CC(C)Oc3c2cc(Cl)c(F)c3C(=O)NCC2(O)COC2)n2ccnc(N)c12. The van der Waals surface area contributed by atoms with Gasteiger partial charge in [0, 0.05) is 23.9 Å². The van der Waals surface area contributed by atoms with E-state index in [0.29, 0.717) is 34.8 Å². The molecule has 0 aliphatic carbocycles. The summed E-state index contributed by atoms with van der Waals surface area (Å²) in [6.07, 6.45) is 3.56. The smallest absolute Gasteiger partial charge is 0.258 e. The lowest BCUT2D eigenvalue weighted by atomic mass is 9.87. The van der Waals surface area contributed by atoms with Crippen LogP contribution in [0.25, 0.3) is 5.52 Å². The summed E-state index contributed by atoms with van der Waals surface area (Å²) < 4.78 is 27.9. The van der Waals surface area contributed by atoms with Gasteiger partial charge in [-0.15, -0.1) is 0 Å². The number of fused-ring (bicyclic) bond motifs is 2. The van der Waals surface area contributed by atoms with Crippen LogP contribution in [-0.4, -0.2) is 56.8 Å². The van der Waals surface area contributed by atoms with Crippen molar-refractivity contribution in [2.24, 2.45) is 0 Å². The third-order valence-electron chi connectivity index (χ3n) is 6.11. The van der Waals surface area contributed by atoms with E-state index in [9.17, 15) is 9.90 Å². The Hall–Kier alpha value is -2.95. The Kier molecular flexibility index (Phi) is 5.19.